The van der Waals surface area contributed by atoms with E-state index in [1.165, 1.54) is 6.33 Å². The second-order valence-electron chi connectivity index (χ2n) is 7.78. The van der Waals surface area contributed by atoms with E-state index in [0.29, 0.717) is 24.6 Å². The molecule has 0 spiro atoms. The molecule has 0 saturated carbocycles. The molecule has 2 heterocycles. The van der Waals surface area contributed by atoms with Crippen molar-refractivity contribution >= 4 is 34.7 Å². The highest BCUT2D eigenvalue weighted by Gasteiger charge is 2.09. The number of hydrogen-bond donors (Lipinski definition) is 2. The Bertz CT molecular complexity index is 1150. The van der Waals surface area contributed by atoms with Crippen LogP contribution in [-0.4, -0.2) is 64.5 Å². The van der Waals surface area contributed by atoms with Crippen molar-refractivity contribution in [3.63, 3.8) is 0 Å². The number of ether oxygens (including phenoxy) is 1. The van der Waals surface area contributed by atoms with Crippen molar-refractivity contribution in [1.82, 2.24) is 24.6 Å². The number of allylic oxidation sites excluding steroid dienone is 3. The minimum atomic E-state index is -0.0609. The molecular formula is C27H40N8O2. The molecule has 2 N–H and O–H groups in total. The number of rotatable bonds is 10. The summed E-state index contributed by atoms with van der Waals surface area (Å²) in [5.41, 5.74) is 5.25. The number of methoxy groups -OCH3 is 1. The Balaban J connectivity index is 0.00000104. The van der Waals surface area contributed by atoms with E-state index in [-0.39, 0.29) is 5.91 Å². The van der Waals surface area contributed by atoms with Gasteiger partial charge < -0.3 is 15.0 Å². The van der Waals surface area contributed by atoms with E-state index in [9.17, 15) is 4.79 Å². The summed E-state index contributed by atoms with van der Waals surface area (Å²) in [5, 5.41) is 12.2. The largest absolute Gasteiger partial charge is 0.502 e. The number of anilines is 2. The minimum Gasteiger partial charge on any atom is -0.502 e. The van der Waals surface area contributed by atoms with Gasteiger partial charge in [0.15, 0.2) is 11.5 Å². The average Bonchev–Trinajstić information content (AvgIpc) is 3.33. The number of carbonyl (C=O) groups excluding carboxylic acids is 1. The molecule has 0 fully saturated rings. The van der Waals surface area contributed by atoms with Gasteiger partial charge in [-0.1, -0.05) is 39.0 Å². The lowest BCUT2D eigenvalue weighted by atomic mass is 10.2. The van der Waals surface area contributed by atoms with Crippen LogP contribution in [0.25, 0.3) is 11.0 Å². The Hall–Kier alpha value is -4.05. The summed E-state index contributed by atoms with van der Waals surface area (Å²) in [6, 6.07) is 7.40. The molecule has 0 saturated heterocycles. The number of benzene rings is 1. The number of fused-ring (bicyclic) bond motifs is 1. The van der Waals surface area contributed by atoms with E-state index in [1.807, 2.05) is 76.2 Å². The van der Waals surface area contributed by atoms with Crippen LogP contribution in [0, 0.1) is 0 Å². The summed E-state index contributed by atoms with van der Waals surface area (Å²) in [6.45, 7) is 12.3. The monoisotopic (exact) mass is 508 g/mol. The van der Waals surface area contributed by atoms with Gasteiger partial charge >= 0.3 is 0 Å². The number of likely N-dealkylation sites (N-methyl/N-ethyl adjacent to an activating group) is 1. The third kappa shape index (κ3) is 11.0. The molecule has 0 atom stereocenters. The predicted molar refractivity (Wildman–Crippen MR) is 153 cm³/mol. The van der Waals surface area contributed by atoms with Crippen LogP contribution in [0.5, 0.6) is 0 Å². The van der Waals surface area contributed by atoms with Crippen LogP contribution in [0.1, 0.15) is 39.7 Å². The molecule has 3 rings (SSSR count). The van der Waals surface area contributed by atoms with Crippen LogP contribution in [0.15, 0.2) is 66.4 Å². The van der Waals surface area contributed by atoms with Gasteiger partial charge in [0.2, 0.25) is 5.91 Å². The Morgan fingerprint density at radius 1 is 1.22 bits per heavy atom. The predicted octanol–water partition coefficient (Wildman–Crippen LogP) is 4.93. The van der Waals surface area contributed by atoms with Gasteiger partial charge in [-0.15, -0.1) is 6.58 Å². The number of hydrazone groups is 1. The van der Waals surface area contributed by atoms with E-state index < -0.39 is 0 Å². The Morgan fingerprint density at radius 3 is 2.49 bits per heavy atom. The molecule has 0 aliphatic carbocycles. The van der Waals surface area contributed by atoms with Crippen molar-refractivity contribution in [3.05, 3.63) is 66.8 Å². The molecule has 3 aromatic rings. The number of amides is 1. The van der Waals surface area contributed by atoms with Crippen LogP contribution in [0.3, 0.4) is 0 Å². The zero-order valence-corrected chi connectivity index (χ0v) is 23.0. The van der Waals surface area contributed by atoms with Gasteiger partial charge in [-0.3, -0.25) is 10.2 Å². The van der Waals surface area contributed by atoms with Crippen molar-refractivity contribution in [2.24, 2.45) is 5.10 Å². The third-order valence-electron chi connectivity index (χ3n) is 4.63. The maximum atomic E-state index is 11.8. The van der Waals surface area contributed by atoms with Crippen LogP contribution in [0.4, 0.5) is 11.5 Å². The standard InChI is InChI=1S/C21H26N8O2.C4H8.C2H6/c1-15(31-4)9-10-29-21-18(12-25-29)20(22-14-23-21)27-24-11-16-5-7-17(8-6-16)26-19(30)13-28(2)3;1-3-4-2;1-2/h5-9,11-12,14H,10,13H2,1-4H3,(H,26,30)(H,22,23,27);3H,1,4H2,2H3;1-2H3/b15-9+,24-11+;;. The summed E-state index contributed by atoms with van der Waals surface area (Å²) in [4.78, 5) is 22.2. The summed E-state index contributed by atoms with van der Waals surface area (Å²) in [6.07, 6.45) is 9.73. The van der Waals surface area contributed by atoms with Crippen molar-refractivity contribution in [3.8, 4) is 0 Å². The summed E-state index contributed by atoms with van der Waals surface area (Å²) in [5.74, 6) is 1.31. The first-order valence-electron chi connectivity index (χ1n) is 12.2. The first kappa shape index (κ1) is 31.0. The fourth-order valence-corrected chi connectivity index (χ4v) is 2.72. The highest BCUT2D eigenvalue weighted by Crippen LogP contribution is 2.18. The molecule has 0 radical (unpaired) electrons. The first-order chi connectivity index (χ1) is 17.9. The maximum absolute atomic E-state index is 11.8. The van der Waals surface area contributed by atoms with Crippen LogP contribution in [0.2, 0.25) is 0 Å². The summed E-state index contributed by atoms with van der Waals surface area (Å²) >= 11 is 0. The molecule has 2 aromatic heterocycles. The first-order valence-corrected chi connectivity index (χ1v) is 12.2. The second-order valence-corrected chi connectivity index (χ2v) is 7.78. The smallest absolute Gasteiger partial charge is 0.238 e. The highest BCUT2D eigenvalue weighted by atomic mass is 16.5. The van der Waals surface area contributed by atoms with Crippen molar-refractivity contribution in [1.29, 1.82) is 0 Å². The second kappa shape index (κ2) is 17.4. The number of nitrogens with one attached hydrogen (secondary N) is 2. The maximum Gasteiger partial charge on any atom is 0.238 e. The number of nitrogens with zero attached hydrogens (tertiary/aromatic N) is 6. The van der Waals surface area contributed by atoms with Crippen LogP contribution >= 0.6 is 0 Å². The fourth-order valence-electron chi connectivity index (χ4n) is 2.72. The minimum absolute atomic E-state index is 0.0609. The van der Waals surface area contributed by atoms with Gasteiger partial charge in [0.25, 0.3) is 0 Å². The Labute approximate surface area is 220 Å². The van der Waals surface area contributed by atoms with Gasteiger partial charge in [0.1, 0.15) is 6.33 Å². The molecule has 10 heteroatoms. The van der Waals surface area contributed by atoms with Crippen LogP contribution < -0.4 is 10.7 Å². The molecule has 0 aliphatic rings. The van der Waals surface area contributed by atoms with E-state index in [4.69, 9.17) is 4.74 Å². The molecule has 37 heavy (non-hydrogen) atoms. The highest BCUT2D eigenvalue weighted by molar-refractivity contribution is 5.93. The lowest BCUT2D eigenvalue weighted by Gasteiger charge is -2.10. The summed E-state index contributed by atoms with van der Waals surface area (Å²) in [7, 11) is 5.33. The van der Waals surface area contributed by atoms with E-state index >= 15 is 0 Å². The number of aromatic nitrogens is 4. The zero-order valence-electron chi connectivity index (χ0n) is 23.0. The normalized spacial score (nSPS) is 10.9. The van der Waals surface area contributed by atoms with Crippen molar-refractivity contribution in [2.75, 3.05) is 38.5 Å². The van der Waals surface area contributed by atoms with Gasteiger partial charge in [-0.05, 0) is 51.2 Å². The van der Waals surface area contributed by atoms with Gasteiger partial charge in [-0.25, -0.2) is 14.6 Å². The lowest BCUT2D eigenvalue weighted by molar-refractivity contribution is -0.116. The number of carbonyl (C=O) groups is 1. The van der Waals surface area contributed by atoms with E-state index in [0.717, 1.165) is 28.8 Å². The molecular weight excluding hydrogens is 468 g/mol. The van der Waals surface area contributed by atoms with Crippen molar-refractivity contribution in [2.45, 2.75) is 40.7 Å². The quantitative estimate of drug-likeness (QED) is 0.173. The molecule has 0 aliphatic heterocycles. The van der Waals surface area contributed by atoms with E-state index in [1.54, 1.807) is 24.2 Å². The van der Waals surface area contributed by atoms with Gasteiger partial charge in [0, 0.05) is 5.69 Å². The Kier molecular flexibility index (Phi) is 14.6. The number of hydrogen-bond acceptors (Lipinski definition) is 8. The fraction of sp³-hybridized carbons (Fsp3) is 0.370. The SMILES string of the molecule is C=CCC.CC.CO/C(C)=C/Cn1ncc2c(N/N=C/c3ccc(NC(=O)CN(C)C)cc3)ncnc21. The third-order valence-corrected chi connectivity index (χ3v) is 4.63. The average molecular weight is 509 g/mol. The molecule has 0 bridgehead atoms. The molecule has 1 amide bonds. The van der Waals surface area contributed by atoms with Gasteiger partial charge in [-0.2, -0.15) is 10.2 Å². The van der Waals surface area contributed by atoms with E-state index in [2.05, 4.69) is 44.4 Å². The molecule has 200 valence electrons. The van der Waals surface area contributed by atoms with Crippen LogP contribution in [-0.2, 0) is 16.1 Å². The molecule has 10 nitrogen and oxygen atoms in total. The summed E-state index contributed by atoms with van der Waals surface area (Å²) < 4.78 is 6.92. The zero-order chi connectivity index (χ0) is 27.6. The molecule has 0 unspecified atom stereocenters. The molecule has 1 aromatic carbocycles. The topological polar surface area (TPSA) is 110 Å². The van der Waals surface area contributed by atoms with Crippen molar-refractivity contribution < 1.29 is 9.53 Å². The Morgan fingerprint density at radius 2 is 1.89 bits per heavy atom. The lowest BCUT2D eigenvalue weighted by Crippen LogP contribution is -2.27. The van der Waals surface area contributed by atoms with Gasteiger partial charge in [0.05, 0.1) is 43.8 Å².